The van der Waals surface area contributed by atoms with E-state index in [0.29, 0.717) is 15.7 Å². The van der Waals surface area contributed by atoms with Crippen molar-refractivity contribution in [2.24, 2.45) is 0 Å². The first-order valence-electron chi connectivity index (χ1n) is 5.92. The predicted molar refractivity (Wildman–Crippen MR) is 83.1 cm³/mol. The van der Waals surface area contributed by atoms with E-state index in [1.54, 1.807) is 25.1 Å². The van der Waals surface area contributed by atoms with Crippen LogP contribution in [-0.4, -0.2) is 19.5 Å². The third-order valence-electron chi connectivity index (χ3n) is 2.84. The lowest BCUT2D eigenvalue weighted by molar-refractivity contribution is 0.0696. The van der Waals surface area contributed by atoms with Gasteiger partial charge in [-0.25, -0.2) is 13.2 Å². The standard InChI is InChI=1S/C14H12BrNO4S/c1-9-8-10(6-7-11(9)14(17)18)16-21(19,20)13-5-3-2-4-12(13)15/h2-8,16H,1H3,(H,17,18). The van der Waals surface area contributed by atoms with Crippen LogP contribution in [0.5, 0.6) is 0 Å². The zero-order valence-corrected chi connectivity index (χ0v) is 13.4. The number of carbonyl (C=O) groups is 1. The topological polar surface area (TPSA) is 83.5 Å². The summed E-state index contributed by atoms with van der Waals surface area (Å²) in [5.74, 6) is -1.05. The number of benzene rings is 2. The number of aromatic carboxylic acids is 1. The van der Waals surface area contributed by atoms with E-state index in [0.717, 1.165) is 0 Å². The molecule has 2 N–H and O–H groups in total. The number of carboxylic acid groups (broad SMARTS) is 1. The number of hydrogen-bond acceptors (Lipinski definition) is 3. The van der Waals surface area contributed by atoms with Gasteiger partial charge in [-0.15, -0.1) is 0 Å². The Morgan fingerprint density at radius 2 is 1.86 bits per heavy atom. The summed E-state index contributed by atoms with van der Waals surface area (Å²) in [5, 5.41) is 8.96. The summed E-state index contributed by atoms with van der Waals surface area (Å²) in [6.07, 6.45) is 0. The second kappa shape index (κ2) is 5.87. The summed E-state index contributed by atoms with van der Waals surface area (Å²) in [4.78, 5) is 11.1. The molecule has 0 aliphatic heterocycles. The Labute approximate surface area is 130 Å². The Bertz CT molecular complexity index is 802. The number of aryl methyl sites for hydroxylation is 1. The van der Waals surface area contributed by atoms with Crippen LogP contribution in [0.4, 0.5) is 5.69 Å². The number of rotatable bonds is 4. The van der Waals surface area contributed by atoms with Crippen LogP contribution in [-0.2, 0) is 10.0 Å². The fourth-order valence-corrected chi connectivity index (χ4v) is 3.89. The minimum atomic E-state index is -3.74. The monoisotopic (exact) mass is 369 g/mol. The summed E-state index contributed by atoms with van der Waals surface area (Å²) in [6.45, 7) is 1.61. The molecule has 2 rings (SSSR count). The van der Waals surface area contributed by atoms with E-state index in [9.17, 15) is 13.2 Å². The zero-order valence-electron chi connectivity index (χ0n) is 11.0. The molecular formula is C14H12BrNO4S. The molecule has 0 spiro atoms. The van der Waals surface area contributed by atoms with Gasteiger partial charge in [0.25, 0.3) is 10.0 Å². The van der Waals surface area contributed by atoms with Crippen molar-refractivity contribution in [1.29, 1.82) is 0 Å². The van der Waals surface area contributed by atoms with Gasteiger partial charge in [-0.3, -0.25) is 4.72 Å². The minimum absolute atomic E-state index is 0.116. The van der Waals surface area contributed by atoms with Gasteiger partial charge in [-0.05, 0) is 58.7 Å². The third-order valence-corrected chi connectivity index (χ3v) is 5.23. The average molecular weight is 370 g/mol. The molecule has 0 aliphatic rings. The second-order valence-electron chi connectivity index (χ2n) is 4.37. The van der Waals surface area contributed by atoms with Gasteiger partial charge in [-0.1, -0.05) is 12.1 Å². The van der Waals surface area contributed by atoms with Gasteiger partial charge in [0.2, 0.25) is 0 Å². The molecule has 0 fully saturated rings. The molecule has 5 nitrogen and oxygen atoms in total. The Morgan fingerprint density at radius 3 is 2.43 bits per heavy atom. The molecule has 2 aromatic carbocycles. The van der Waals surface area contributed by atoms with Gasteiger partial charge in [0, 0.05) is 10.2 Å². The summed E-state index contributed by atoms with van der Waals surface area (Å²) < 4.78 is 27.5. The first kappa shape index (κ1) is 15.5. The number of carboxylic acids is 1. The van der Waals surface area contributed by atoms with Crippen LogP contribution in [0, 0.1) is 6.92 Å². The number of halogens is 1. The van der Waals surface area contributed by atoms with Crippen LogP contribution in [0.2, 0.25) is 0 Å². The fourth-order valence-electron chi connectivity index (χ4n) is 1.84. The molecule has 0 heterocycles. The van der Waals surface area contributed by atoms with Gasteiger partial charge in [0.1, 0.15) is 4.90 Å². The molecule has 0 unspecified atom stereocenters. The largest absolute Gasteiger partial charge is 0.478 e. The van der Waals surface area contributed by atoms with Crippen molar-refractivity contribution in [1.82, 2.24) is 0 Å². The first-order chi connectivity index (χ1) is 9.81. The van der Waals surface area contributed by atoms with Crippen LogP contribution in [0.1, 0.15) is 15.9 Å². The van der Waals surface area contributed by atoms with Crippen molar-refractivity contribution < 1.29 is 18.3 Å². The van der Waals surface area contributed by atoms with Crippen LogP contribution in [0.3, 0.4) is 0 Å². The highest BCUT2D eigenvalue weighted by atomic mass is 79.9. The SMILES string of the molecule is Cc1cc(NS(=O)(=O)c2ccccc2Br)ccc1C(=O)O. The maximum atomic E-state index is 12.3. The highest BCUT2D eigenvalue weighted by Gasteiger charge is 2.18. The molecule has 2 aromatic rings. The molecule has 0 saturated carbocycles. The van der Waals surface area contributed by atoms with Crippen molar-refractivity contribution >= 4 is 37.6 Å². The maximum Gasteiger partial charge on any atom is 0.335 e. The van der Waals surface area contributed by atoms with Crippen molar-refractivity contribution in [2.75, 3.05) is 4.72 Å². The molecule has 0 aromatic heterocycles. The molecule has 110 valence electrons. The van der Waals surface area contributed by atoms with Crippen LogP contribution in [0.25, 0.3) is 0 Å². The number of nitrogens with one attached hydrogen (secondary N) is 1. The van der Waals surface area contributed by atoms with Crippen molar-refractivity contribution in [2.45, 2.75) is 11.8 Å². The Morgan fingerprint density at radius 1 is 1.19 bits per heavy atom. The van der Waals surface area contributed by atoms with Gasteiger partial charge in [0.15, 0.2) is 0 Å². The van der Waals surface area contributed by atoms with Crippen molar-refractivity contribution in [3.8, 4) is 0 Å². The highest BCUT2D eigenvalue weighted by Crippen LogP contribution is 2.24. The third kappa shape index (κ3) is 3.43. The Hall–Kier alpha value is -1.86. The summed E-state index contributed by atoms with van der Waals surface area (Å²) in [6, 6.07) is 10.7. The molecule has 21 heavy (non-hydrogen) atoms. The van der Waals surface area contributed by atoms with Crippen LogP contribution < -0.4 is 4.72 Å². The van der Waals surface area contributed by atoms with E-state index in [-0.39, 0.29) is 10.5 Å². The molecule has 0 saturated heterocycles. The van der Waals surface area contributed by atoms with Gasteiger partial charge in [-0.2, -0.15) is 0 Å². The number of hydrogen-bond donors (Lipinski definition) is 2. The molecular weight excluding hydrogens is 358 g/mol. The number of sulfonamides is 1. The van der Waals surface area contributed by atoms with Crippen LogP contribution >= 0.6 is 15.9 Å². The van der Waals surface area contributed by atoms with E-state index in [4.69, 9.17) is 5.11 Å². The minimum Gasteiger partial charge on any atom is -0.478 e. The molecule has 0 amide bonds. The lowest BCUT2D eigenvalue weighted by atomic mass is 10.1. The van der Waals surface area contributed by atoms with Crippen LogP contribution in [0.15, 0.2) is 51.8 Å². The number of anilines is 1. The summed E-state index contributed by atoms with van der Waals surface area (Å²) in [5.41, 5.74) is 0.932. The molecule has 0 radical (unpaired) electrons. The average Bonchev–Trinajstić information content (AvgIpc) is 2.38. The summed E-state index contributed by atoms with van der Waals surface area (Å²) in [7, 11) is -3.74. The second-order valence-corrected chi connectivity index (χ2v) is 6.88. The van der Waals surface area contributed by atoms with Crippen molar-refractivity contribution in [3.63, 3.8) is 0 Å². The quantitative estimate of drug-likeness (QED) is 0.866. The van der Waals surface area contributed by atoms with E-state index in [1.165, 1.54) is 24.3 Å². The normalized spacial score (nSPS) is 11.1. The molecule has 7 heteroatoms. The molecule has 0 atom stereocenters. The predicted octanol–water partition coefficient (Wildman–Crippen LogP) is 3.26. The van der Waals surface area contributed by atoms with E-state index in [1.807, 2.05) is 0 Å². The zero-order chi connectivity index (χ0) is 15.6. The smallest absolute Gasteiger partial charge is 0.335 e. The van der Waals surface area contributed by atoms with Gasteiger partial charge >= 0.3 is 5.97 Å². The Kier molecular flexibility index (Phi) is 4.34. The fraction of sp³-hybridized carbons (Fsp3) is 0.0714. The molecule has 0 bridgehead atoms. The summed E-state index contributed by atoms with van der Waals surface area (Å²) >= 11 is 3.19. The lowest BCUT2D eigenvalue weighted by Crippen LogP contribution is -2.14. The molecule has 0 aliphatic carbocycles. The van der Waals surface area contributed by atoms with Crippen molar-refractivity contribution in [3.05, 3.63) is 58.1 Å². The first-order valence-corrected chi connectivity index (χ1v) is 8.20. The van der Waals surface area contributed by atoms with E-state index < -0.39 is 16.0 Å². The lowest BCUT2D eigenvalue weighted by Gasteiger charge is -2.11. The maximum absolute atomic E-state index is 12.3. The van der Waals surface area contributed by atoms with Gasteiger partial charge < -0.3 is 5.11 Å². The van der Waals surface area contributed by atoms with Gasteiger partial charge in [0.05, 0.1) is 5.56 Å². The Balaban J connectivity index is 2.36. The van der Waals surface area contributed by atoms with E-state index >= 15 is 0 Å². The van der Waals surface area contributed by atoms with E-state index in [2.05, 4.69) is 20.7 Å². The highest BCUT2D eigenvalue weighted by molar-refractivity contribution is 9.10.